The van der Waals surface area contributed by atoms with Gasteiger partial charge in [-0.2, -0.15) is 0 Å². The topological polar surface area (TPSA) is 75.7 Å². The third-order valence-corrected chi connectivity index (χ3v) is 6.10. The summed E-state index contributed by atoms with van der Waals surface area (Å²) < 4.78 is 31.4. The number of ether oxygens (including phenoxy) is 1. The SMILES string of the molecule is Cc1ccc(NC(=O)COc2ccc(C(C)C)cc2)cc1S(=O)(=O)N(C)C. The largest absolute Gasteiger partial charge is 0.484 e. The molecule has 0 radical (unpaired) electrons. The van der Waals surface area contributed by atoms with Crippen molar-refractivity contribution < 1.29 is 17.9 Å². The maximum atomic E-state index is 12.4. The highest BCUT2D eigenvalue weighted by atomic mass is 32.2. The van der Waals surface area contributed by atoms with Crippen LogP contribution < -0.4 is 10.1 Å². The quantitative estimate of drug-likeness (QED) is 0.786. The van der Waals surface area contributed by atoms with Crippen molar-refractivity contribution in [1.82, 2.24) is 4.31 Å². The number of rotatable bonds is 7. The van der Waals surface area contributed by atoms with Gasteiger partial charge in [-0.1, -0.05) is 32.0 Å². The van der Waals surface area contributed by atoms with Gasteiger partial charge in [0.05, 0.1) is 4.90 Å². The summed E-state index contributed by atoms with van der Waals surface area (Å²) in [4.78, 5) is 12.3. The Bertz CT molecular complexity index is 904. The molecule has 0 unspecified atom stereocenters. The molecule has 0 aliphatic carbocycles. The number of carbonyl (C=O) groups is 1. The van der Waals surface area contributed by atoms with E-state index in [9.17, 15) is 13.2 Å². The van der Waals surface area contributed by atoms with Crippen LogP contribution >= 0.6 is 0 Å². The lowest BCUT2D eigenvalue weighted by molar-refractivity contribution is -0.118. The number of hydrogen-bond acceptors (Lipinski definition) is 4. The molecule has 0 atom stereocenters. The molecule has 2 aromatic carbocycles. The molecule has 0 bridgehead atoms. The van der Waals surface area contributed by atoms with Gasteiger partial charge in [0, 0.05) is 19.8 Å². The summed E-state index contributed by atoms with van der Waals surface area (Å²) in [6.07, 6.45) is 0. The summed E-state index contributed by atoms with van der Waals surface area (Å²) in [5.41, 5.74) is 2.22. The van der Waals surface area contributed by atoms with Crippen LogP contribution in [-0.4, -0.2) is 39.3 Å². The van der Waals surface area contributed by atoms with Gasteiger partial charge in [-0.15, -0.1) is 0 Å². The molecular formula is C20H26N2O4S. The summed E-state index contributed by atoms with van der Waals surface area (Å²) in [5.74, 6) is 0.672. The first-order valence-electron chi connectivity index (χ1n) is 8.67. The Morgan fingerprint density at radius 2 is 1.74 bits per heavy atom. The van der Waals surface area contributed by atoms with Crippen molar-refractivity contribution in [2.45, 2.75) is 31.6 Å². The van der Waals surface area contributed by atoms with E-state index in [0.29, 0.717) is 22.9 Å². The van der Waals surface area contributed by atoms with Crippen molar-refractivity contribution >= 4 is 21.6 Å². The first-order chi connectivity index (χ1) is 12.6. The van der Waals surface area contributed by atoms with Crippen LogP contribution in [0.1, 0.15) is 30.9 Å². The Morgan fingerprint density at radius 3 is 2.30 bits per heavy atom. The Hall–Kier alpha value is -2.38. The second-order valence-electron chi connectivity index (χ2n) is 6.83. The lowest BCUT2D eigenvalue weighted by atomic mass is 10.0. The molecule has 0 heterocycles. The molecule has 1 N–H and O–H groups in total. The van der Waals surface area contributed by atoms with Gasteiger partial charge in [-0.25, -0.2) is 12.7 Å². The average Bonchev–Trinajstić information content (AvgIpc) is 2.61. The van der Waals surface area contributed by atoms with E-state index in [1.165, 1.54) is 25.7 Å². The van der Waals surface area contributed by atoms with Crippen molar-refractivity contribution in [2.24, 2.45) is 0 Å². The molecule has 0 fully saturated rings. The molecule has 6 nitrogen and oxygen atoms in total. The first-order valence-corrected chi connectivity index (χ1v) is 10.1. The Kier molecular flexibility index (Phi) is 6.62. The molecule has 0 aliphatic rings. The van der Waals surface area contributed by atoms with Crippen LogP contribution in [-0.2, 0) is 14.8 Å². The van der Waals surface area contributed by atoms with E-state index in [1.54, 1.807) is 19.1 Å². The standard InChI is InChI=1S/C20H26N2O4S/c1-14(2)16-7-10-18(11-8-16)26-13-20(23)21-17-9-6-15(3)19(12-17)27(24,25)22(4)5/h6-12,14H,13H2,1-5H3,(H,21,23). The van der Waals surface area contributed by atoms with Crippen molar-refractivity contribution in [3.8, 4) is 5.75 Å². The van der Waals surface area contributed by atoms with E-state index in [4.69, 9.17) is 4.74 Å². The maximum absolute atomic E-state index is 12.4. The second-order valence-corrected chi connectivity index (χ2v) is 8.95. The number of benzene rings is 2. The molecule has 7 heteroatoms. The predicted octanol–water partition coefficient (Wildman–Crippen LogP) is 3.39. The fourth-order valence-electron chi connectivity index (χ4n) is 2.45. The molecule has 0 saturated carbocycles. The highest BCUT2D eigenvalue weighted by Crippen LogP contribution is 2.22. The van der Waals surface area contributed by atoms with Gasteiger partial charge in [0.1, 0.15) is 5.75 Å². The first kappa shape index (κ1) is 20.9. The summed E-state index contributed by atoms with van der Waals surface area (Å²) in [7, 11) is -0.640. The number of hydrogen-bond donors (Lipinski definition) is 1. The summed E-state index contributed by atoms with van der Waals surface area (Å²) >= 11 is 0. The van der Waals surface area contributed by atoms with Crippen molar-refractivity contribution in [3.05, 3.63) is 53.6 Å². The van der Waals surface area contributed by atoms with E-state index < -0.39 is 10.0 Å². The fourth-order valence-corrected chi connectivity index (χ4v) is 3.59. The van der Waals surface area contributed by atoms with E-state index in [-0.39, 0.29) is 17.4 Å². The molecular weight excluding hydrogens is 364 g/mol. The molecule has 2 rings (SSSR count). The molecule has 146 valence electrons. The second kappa shape index (κ2) is 8.54. The summed E-state index contributed by atoms with van der Waals surface area (Å²) in [6, 6.07) is 12.4. The minimum absolute atomic E-state index is 0.162. The third kappa shape index (κ3) is 5.30. The minimum atomic E-state index is -3.58. The number of anilines is 1. The minimum Gasteiger partial charge on any atom is -0.484 e. The monoisotopic (exact) mass is 390 g/mol. The van der Waals surface area contributed by atoms with Crippen LogP contribution in [0.3, 0.4) is 0 Å². The fraction of sp³-hybridized carbons (Fsp3) is 0.350. The van der Waals surface area contributed by atoms with Gasteiger partial charge in [-0.05, 0) is 48.2 Å². The number of nitrogens with one attached hydrogen (secondary N) is 1. The van der Waals surface area contributed by atoms with Gasteiger partial charge in [-0.3, -0.25) is 4.79 Å². The Balaban J connectivity index is 2.03. The number of carbonyl (C=O) groups excluding carboxylic acids is 1. The van der Waals surface area contributed by atoms with E-state index in [2.05, 4.69) is 19.2 Å². The van der Waals surface area contributed by atoms with Crippen LogP contribution in [0.2, 0.25) is 0 Å². The molecule has 27 heavy (non-hydrogen) atoms. The van der Waals surface area contributed by atoms with Crippen molar-refractivity contribution in [3.63, 3.8) is 0 Å². The lowest BCUT2D eigenvalue weighted by Crippen LogP contribution is -2.24. The lowest BCUT2D eigenvalue weighted by Gasteiger charge is -2.15. The van der Waals surface area contributed by atoms with Gasteiger partial charge in [0.2, 0.25) is 10.0 Å². The molecule has 0 aliphatic heterocycles. The summed E-state index contributed by atoms with van der Waals surface area (Å²) in [6.45, 7) is 5.77. The van der Waals surface area contributed by atoms with E-state index >= 15 is 0 Å². The zero-order valence-electron chi connectivity index (χ0n) is 16.3. The van der Waals surface area contributed by atoms with E-state index in [0.717, 1.165) is 4.31 Å². The Labute approximate surface area is 161 Å². The van der Waals surface area contributed by atoms with Gasteiger partial charge >= 0.3 is 0 Å². The van der Waals surface area contributed by atoms with Crippen LogP contribution in [0.15, 0.2) is 47.4 Å². The van der Waals surface area contributed by atoms with Gasteiger partial charge in [0.15, 0.2) is 6.61 Å². The highest BCUT2D eigenvalue weighted by Gasteiger charge is 2.20. The predicted molar refractivity (Wildman–Crippen MR) is 107 cm³/mol. The van der Waals surface area contributed by atoms with Gasteiger partial charge in [0.25, 0.3) is 5.91 Å². The van der Waals surface area contributed by atoms with Crippen LogP contribution in [0.25, 0.3) is 0 Å². The smallest absolute Gasteiger partial charge is 0.262 e. The molecule has 0 aromatic heterocycles. The van der Waals surface area contributed by atoms with Crippen molar-refractivity contribution in [1.29, 1.82) is 0 Å². The van der Waals surface area contributed by atoms with Crippen LogP contribution in [0.5, 0.6) is 5.75 Å². The molecule has 0 spiro atoms. The third-order valence-electron chi connectivity index (χ3n) is 4.15. The zero-order chi connectivity index (χ0) is 20.2. The number of nitrogens with zero attached hydrogens (tertiary/aromatic N) is 1. The van der Waals surface area contributed by atoms with Crippen LogP contribution in [0.4, 0.5) is 5.69 Å². The molecule has 1 amide bonds. The average molecular weight is 391 g/mol. The zero-order valence-corrected chi connectivity index (χ0v) is 17.1. The van der Waals surface area contributed by atoms with Crippen LogP contribution in [0, 0.1) is 6.92 Å². The highest BCUT2D eigenvalue weighted by molar-refractivity contribution is 7.89. The number of amides is 1. The molecule has 0 saturated heterocycles. The van der Waals surface area contributed by atoms with Crippen molar-refractivity contribution in [2.75, 3.05) is 26.0 Å². The maximum Gasteiger partial charge on any atom is 0.262 e. The molecule has 2 aromatic rings. The van der Waals surface area contributed by atoms with Gasteiger partial charge < -0.3 is 10.1 Å². The number of sulfonamides is 1. The summed E-state index contributed by atoms with van der Waals surface area (Å²) in [5, 5.41) is 2.67. The number of aryl methyl sites for hydroxylation is 1. The Morgan fingerprint density at radius 1 is 1.11 bits per heavy atom. The normalized spacial score (nSPS) is 11.7. The van der Waals surface area contributed by atoms with E-state index in [1.807, 2.05) is 24.3 Å².